The molecule has 0 radical (unpaired) electrons. The number of carbonyl (C=O) groups is 2. The van der Waals surface area contributed by atoms with Gasteiger partial charge < -0.3 is 10.4 Å². The molecular weight excluding hydrogens is 318 g/mol. The van der Waals surface area contributed by atoms with Crippen LogP contribution in [0.2, 0.25) is 0 Å². The van der Waals surface area contributed by atoms with E-state index in [4.69, 9.17) is 5.11 Å². The van der Waals surface area contributed by atoms with E-state index in [2.05, 4.69) is 10.3 Å². The van der Waals surface area contributed by atoms with E-state index in [0.29, 0.717) is 10.9 Å². The van der Waals surface area contributed by atoms with Gasteiger partial charge in [-0.25, -0.2) is 4.98 Å². The van der Waals surface area contributed by atoms with E-state index in [9.17, 15) is 14.4 Å². The van der Waals surface area contributed by atoms with Gasteiger partial charge in [-0.3, -0.25) is 19.0 Å². The molecule has 1 fully saturated rings. The number of carboxylic acid groups (broad SMARTS) is 1. The summed E-state index contributed by atoms with van der Waals surface area (Å²) in [5.74, 6) is -1.17. The van der Waals surface area contributed by atoms with Gasteiger partial charge in [-0.2, -0.15) is 0 Å². The van der Waals surface area contributed by atoms with Crippen LogP contribution in [0.5, 0.6) is 0 Å². The van der Waals surface area contributed by atoms with Crippen LogP contribution in [0.1, 0.15) is 12.8 Å². The number of carbonyl (C=O) groups excluding carboxylic acids is 1. The highest BCUT2D eigenvalue weighted by Gasteiger charge is 2.23. The van der Waals surface area contributed by atoms with Gasteiger partial charge in [0, 0.05) is 6.04 Å². The molecule has 1 saturated carbocycles. The van der Waals surface area contributed by atoms with Gasteiger partial charge in [0.05, 0.1) is 16.7 Å². The number of hydrogen-bond donors (Lipinski definition) is 2. The number of para-hydroxylation sites is 1. The van der Waals surface area contributed by atoms with Gasteiger partial charge in [0.25, 0.3) is 5.56 Å². The van der Waals surface area contributed by atoms with Gasteiger partial charge in [0.1, 0.15) is 6.54 Å². The van der Waals surface area contributed by atoms with E-state index in [0.717, 1.165) is 29.2 Å². The second kappa shape index (κ2) is 6.41. The predicted molar refractivity (Wildman–Crippen MR) is 85.5 cm³/mol. The molecule has 1 amide bonds. The molecule has 0 saturated heterocycles. The first-order valence-corrected chi connectivity index (χ1v) is 8.16. The highest BCUT2D eigenvalue weighted by atomic mass is 32.2. The average molecular weight is 333 g/mol. The molecule has 8 heteroatoms. The fraction of sp³-hybridized carbons (Fsp3) is 0.333. The number of carboxylic acids is 1. The summed E-state index contributed by atoms with van der Waals surface area (Å²) in [6, 6.07) is 7.01. The van der Waals surface area contributed by atoms with Crippen molar-refractivity contribution in [2.75, 3.05) is 5.75 Å². The van der Waals surface area contributed by atoms with Gasteiger partial charge >= 0.3 is 5.97 Å². The fourth-order valence-electron chi connectivity index (χ4n) is 2.16. The number of hydrogen-bond acceptors (Lipinski definition) is 5. The summed E-state index contributed by atoms with van der Waals surface area (Å²) < 4.78 is 1.10. The molecule has 0 aliphatic heterocycles. The molecule has 120 valence electrons. The van der Waals surface area contributed by atoms with Gasteiger partial charge in [0.15, 0.2) is 5.16 Å². The summed E-state index contributed by atoms with van der Waals surface area (Å²) in [6.45, 7) is -0.483. The maximum Gasteiger partial charge on any atom is 0.323 e. The van der Waals surface area contributed by atoms with Gasteiger partial charge in [0.2, 0.25) is 5.91 Å². The van der Waals surface area contributed by atoms with Crippen molar-refractivity contribution in [2.45, 2.75) is 30.6 Å². The highest BCUT2D eigenvalue weighted by molar-refractivity contribution is 7.99. The Morgan fingerprint density at radius 3 is 2.78 bits per heavy atom. The molecule has 2 N–H and O–H groups in total. The van der Waals surface area contributed by atoms with Gasteiger partial charge in [-0.1, -0.05) is 23.9 Å². The van der Waals surface area contributed by atoms with Crippen LogP contribution in [0, 0.1) is 0 Å². The average Bonchev–Trinajstić information content (AvgIpc) is 3.32. The van der Waals surface area contributed by atoms with Crippen LogP contribution in [0.25, 0.3) is 10.9 Å². The predicted octanol–water partition coefficient (Wildman–Crippen LogP) is 0.852. The Labute approximate surface area is 135 Å². The molecule has 2 aromatic rings. The fourth-order valence-corrected chi connectivity index (χ4v) is 2.97. The normalized spacial score (nSPS) is 13.9. The second-order valence-electron chi connectivity index (χ2n) is 5.33. The maximum atomic E-state index is 12.5. The number of nitrogens with zero attached hydrogens (tertiary/aromatic N) is 2. The van der Waals surface area contributed by atoms with Crippen molar-refractivity contribution in [3.05, 3.63) is 34.6 Å². The summed E-state index contributed by atoms with van der Waals surface area (Å²) in [5, 5.41) is 12.5. The largest absolute Gasteiger partial charge is 0.480 e. The first-order valence-electron chi connectivity index (χ1n) is 7.18. The number of aromatic nitrogens is 2. The Kier molecular flexibility index (Phi) is 4.33. The lowest BCUT2D eigenvalue weighted by Gasteiger charge is -2.11. The lowest BCUT2D eigenvalue weighted by Crippen LogP contribution is -2.29. The monoisotopic (exact) mass is 333 g/mol. The van der Waals surface area contributed by atoms with Crippen LogP contribution in [-0.4, -0.2) is 38.3 Å². The van der Waals surface area contributed by atoms with Crippen molar-refractivity contribution in [2.24, 2.45) is 0 Å². The molecule has 0 spiro atoms. The van der Waals surface area contributed by atoms with Crippen LogP contribution in [-0.2, 0) is 16.1 Å². The van der Waals surface area contributed by atoms with Crippen molar-refractivity contribution in [3.8, 4) is 0 Å². The Hall–Kier alpha value is -2.35. The smallest absolute Gasteiger partial charge is 0.323 e. The third-order valence-electron chi connectivity index (χ3n) is 3.39. The lowest BCUT2D eigenvalue weighted by molar-refractivity contribution is -0.137. The van der Waals surface area contributed by atoms with Crippen molar-refractivity contribution in [1.29, 1.82) is 0 Å². The number of nitrogens with one attached hydrogen (secondary N) is 1. The third-order valence-corrected chi connectivity index (χ3v) is 4.37. The number of aliphatic carboxylic acids is 1. The Balaban J connectivity index is 1.90. The van der Waals surface area contributed by atoms with Crippen molar-refractivity contribution >= 4 is 34.5 Å². The first kappa shape index (κ1) is 15.5. The number of rotatable bonds is 6. The maximum absolute atomic E-state index is 12.5. The number of benzene rings is 1. The Morgan fingerprint density at radius 2 is 2.09 bits per heavy atom. The van der Waals surface area contributed by atoms with Crippen molar-refractivity contribution in [3.63, 3.8) is 0 Å². The molecule has 1 aromatic heterocycles. The van der Waals surface area contributed by atoms with E-state index >= 15 is 0 Å². The van der Waals surface area contributed by atoms with Crippen LogP contribution in [0.4, 0.5) is 0 Å². The van der Waals surface area contributed by atoms with Crippen molar-refractivity contribution in [1.82, 2.24) is 14.9 Å². The zero-order valence-electron chi connectivity index (χ0n) is 12.2. The summed E-state index contributed by atoms with van der Waals surface area (Å²) in [6.07, 6.45) is 1.99. The topological polar surface area (TPSA) is 101 Å². The number of fused-ring (bicyclic) bond motifs is 1. The van der Waals surface area contributed by atoms with E-state index < -0.39 is 18.1 Å². The van der Waals surface area contributed by atoms with Crippen molar-refractivity contribution < 1.29 is 14.7 Å². The van der Waals surface area contributed by atoms with Crippen LogP contribution >= 0.6 is 11.8 Å². The second-order valence-corrected chi connectivity index (χ2v) is 6.27. The van der Waals surface area contributed by atoms with E-state index in [1.165, 1.54) is 0 Å². The molecule has 0 bridgehead atoms. The van der Waals surface area contributed by atoms with Crippen LogP contribution < -0.4 is 10.9 Å². The number of amides is 1. The zero-order chi connectivity index (χ0) is 16.4. The lowest BCUT2D eigenvalue weighted by atomic mass is 10.2. The molecule has 1 aromatic carbocycles. The summed E-state index contributed by atoms with van der Waals surface area (Å²) in [4.78, 5) is 39.6. The Morgan fingerprint density at radius 1 is 1.35 bits per heavy atom. The summed E-state index contributed by atoms with van der Waals surface area (Å²) in [5.41, 5.74) is 0.0762. The molecule has 7 nitrogen and oxygen atoms in total. The quantitative estimate of drug-likeness (QED) is 0.600. The van der Waals surface area contributed by atoms with E-state index in [1.54, 1.807) is 24.3 Å². The molecule has 3 rings (SSSR count). The Bertz CT molecular complexity index is 829. The molecule has 1 heterocycles. The minimum absolute atomic E-state index is 0.0981. The summed E-state index contributed by atoms with van der Waals surface area (Å²) >= 11 is 1.07. The minimum Gasteiger partial charge on any atom is -0.480 e. The third kappa shape index (κ3) is 3.70. The van der Waals surface area contributed by atoms with Crippen LogP contribution in [0.3, 0.4) is 0 Å². The minimum atomic E-state index is -1.13. The van der Waals surface area contributed by atoms with Gasteiger partial charge in [-0.05, 0) is 25.0 Å². The molecule has 1 aliphatic carbocycles. The van der Waals surface area contributed by atoms with Crippen LogP contribution in [0.15, 0.2) is 34.2 Å². The first-order chi connectivity index (χ1) is 11.0. The SMILES string of the molecule is O=C(O)Cn1c(SCC(=O)NC2CC2)nc2ccccc2c1=O. The zero-order valence-corrected chi connectivity index (χ0v) is 13.0. The number of thioether (sulfide) groups is 1. The molecule has 0 atom stereocenters. The van der Waals surface area contributed by atoms with E-state index in [-0.39, 0.29) is 22.9 Å². The molecule has 0 unspecified atom stereocenters. The molecule has 23 heavy (non-hydrogen) atoms. The van der Waals surface area contributed by atoms with Gasteiger partial charge in [-0.15, -0.1) is 0 Å². The van der Waals surface area contributed by atoms with E-state index in [1.807, 2.05) is 0 Å². The molecular formula is C15H15N3O4S. The highest BCUT2D eigenvalue weighted by Crippen LogP contribution is 2.20. The molecule has 1 aliphatic rings. The standard InChI is InChI=1S/C15H15N3O4S/c19-12(16-9-5-6-9)8-23-15-17-11-4-2-1-3-10(11)14(22)18(15)7-13(20)21/h1-4,9H,5-8H2,(H,16,19)(H,20,21). The summed E-state index contributed by atoms with van der Waals surface area (Å²) in [7, 11) is 0.